The second kappa shape index (κ2) is 9.49. The molecule has 7 nitrogen and oxygen atoms in total. The quantitative estimate of drug-likeness (QED) is 0.514. The van der Waals surface area contributed by atoms with Gasteiger partial charge in [-0.25, -0.2) is 8.42 Å². The topological polar surface area (TPSA) is 115 Å². The van der Waals surface area contributed by atoms with Gasteiger partial charge < -0.3 is 10.1 Å². The van der Waals surface area contributed by atoms with E-state index < -0.39 is 10.0 Å². The van der Waals surface area contributed by atoms with Crippen LogP contribution in [0.2, 0.25) is 0 Å². The predicted octanol–water partition coefficient (Wildman–Crippen LogP) is 4.93. The van der Waals surface area contributed by atoms with Gasteiger partial charge in [-0.15, -0.1) is 0 Å². The Kier molecular flexibility index (Phi) is 6.56. The SMILES string of the molecule is Cc1ccc(NC=C(C#N)C#N)cc1S(=O)(=O)Nc1ccc(Oc2ccccc2)cc1. The number of sulfonamides is 1. The molecule has 0 bridgehead atoms. The summed E-state index contributed by atoms with van der Waals surface area (Å²) in [4.78, 5) is 0.0750. The van der Waals surface area contributed by atoms with Crippen molar-refractivity contribution in [1.82, 2.24) is 0 Å². The number of ether oxygens (including phenoxy) is 1. The van der Waals surface area contributed by atoms with Gasteiger partial charge in [-0.2, -0.15) is 10.5 Å². The minimum atomic E-state index is -3.87. The molecule has 3 rings (SSSR count). The number of benzene rings is 3. The van der Waals surface area contributed by atoms with Crippen LogP contribution in [0.25, 0.3) is 0 Å². The largest absolute Gasteiger partial charge is 0.457 e. The van der Waals surface area contributed by atoms with Crippen LogP contribution in [0, 0.1) is 29.6 Å². The number of rotatable bonds is 7. The highest BCUT2D eigenvalue weighted by atomic mass is 32.2. The monoisotopic (exact) mass is 430 g/mol. The highest BCUT2D eigenvalue weighted by Crippen LogP contribution is 2.26. The van der Waals surface area contributed by atoms with E-state index in [0.29, 0.717) is 28.4 Å². The maximum Gasteiger partial charge on any atom is 0.262 e. The first-order chi connectivity index (χ1) is 14.9. The van der Waals surface area contributed by atoms with Gasteiger partial charge in [0.15, 0.2) is 0 Å². The number of nitrogens with one attached hydrogen (secondary N) is 2. The highest BCUT2D eigenvalue weighted by molar-refractivity contribution is 7.92. The normalized spacial score (nSPS) is 10.3. The first-order valence-electron chi connectivity index (χ1n) is 9.14. The third kappa shape index (κ3) is 5.63. The summed E-state index contributed by atoms with van der Waals surface area (Å²) in [6.07, 6.45) is 1.22. The second-order valence-electron chi connectivity index (χ2n) is 6.45. The molecule has 3 aromatic rings. The van der Waals surface area contributed by atoms with Crippen molar-refractivity contribution < 1.29 is 13.2 Å². The van der Waals surface area contributed by atoms with Crippen LogP contribution in [0.15, 0.2) is 89.5 Å². The number of hydrogen-bond donors (Lipinski definition) is 2. The summed E-state index contributed by atoms with van der Waals surface area (Å²) in [6, 6.07) is 24.0. The third-order valence-corrected chi connectivity index (χ3v) is 5.71. The second-order valence-corrected chi connectivity index (χ2v) is 8.10. The van der Waals surface area contributed by atoms with Crippen molar-refractivity contribution in [1.29, 1.82) is 10.5 Å². The average Bonchev–Trinajstić information content (AvgIpc) is 2.77. The van der Waals surface area contributed by atoms with Gasteiger partial charge in [-0.3, -0.25) is 4.72 Å². The lowest BCUT2D eigenvalue weighted by molar-refractivity contribution is 0.483. The van der Waals surface area contributed by atoms with E-state index in [1.165, 1.54) is 12.3 Å². The van der Waals surface area contributed by atoms with Gasteiger partial charge in [-0.05, 0) is 61.0 Å². The number of aryl methyl sites for hydroxylation is 1. The first-order valence-corrected chi connectivity index (χ1v) is 10.6. The lowest BCUT2D eigenvalue weighted by Gasteiger charge is -2.13. The minimum absolute atomic E-state index is 0.0750. The van der Waals surface area contributed by atoms with Crippen LogP contribution >= 0.6 is 0 Å². The van der Waals surface area contributed by atoms with Gasteiger partial charge in [0.25, 0.3) is 10.0 Å². The Bertz CT molecular complexity index is 1270. The molecule has 154 valence electrons. The van der Waals surface area contributed by atoms with Crippen LogP contribution in [-0.4, -0.2) is 8.42 Å². The van der Waals surface area contributed by atoms with Gasteiger partial charge in [0.2, 0.25) is 0 Å². The van der Waals surface area contributed by atoms with E-state index in [1.54, 1.807) is 55.5 Å². The van der Waals surface area contributed by atoms with E-state index in [9.17, 15) is 8.42 Å². The molecule has 0 atom stereocenters. The molecule has 0 aliphatic heterocycles. The highest BCUT2D eigenvalue weighted by Gasteiger charge is 2.18. The number of nitrogens with zero attached hydrogens (tertiary/aromatic N) is 2. The Morgan fingerprint density at radius 3 is 2.16 bits per heavy atom. The Morgan fingerprint density at radius 2 is 1.52 bits per heavy atom. The molecule has 31 heavy (non-hydrogen) atoms. The van der Waals surface area contributed by atoms with Gasteiger partial charge >= 0.3 is 0 Å². The lowest BCUT2D eigenvalue weighted by Crippen LogP contribution is -2.14. The minimum Gasteiger partial charge on any atom is -0.457 e. The molecular formula is C23H18N4O3S. The zero-order chi connectivity index (χ0) is 22.3. The van der Waals surface area contributed by atoms with E-state index >= 15 is 0 Å². The van der Waals surface area contributed by atoms with Gasteiger partial charge in [0.1, 0.15) is 29.2 Å². The molecule has 0 spiro atoms. The number of hydrogen-bond acceptors (Lipinski definition) is 6. The van der Waals surface area contributed by atoms with Crippen LogP contribution in [0.5, 0.6) is 11.5 Å². The molecule has 2 N–H and O–H groups in total. The van der Waals surface area contributed by atoms with E-state index in [4.69, 9.17) is 15.3 Å². The molecule has 3 aromatic carbocycles. The Morgan fingerprint density at radius 1 is 0.903 bits per heavy atom. The van der Waals surface area contributed by atoms with Crippen LogP contribution in [0.4, 0.5) is 11.4 Å². The smallest absolute Gasteiger partial charge is 0.262 e. The maximum atomic E-state index is 12.9. The summed E-state index contributed by atoms with van der Waals surface area (Å²) in [5.41, 5.74) is 1.24. The lowest BCUT2D eigenvalue weighted by atomic mass is 10.2. The van der Waals surface area contributed by atoms with Crippen LogP contribution in [0.3, 0.4) is 0 Å². The van der Waals surface area contributed by atoms with Crippen LogP contribution < -0.4 is 14.8 Å². The van der Waals surface area contributed by atoms with Crippen molar-refractivity contribution in [3.05, 3.63) is 90.1 Å². The average molecular weight is 430 g/mol. The van der Waals surface area contributed by atoms with Gasteiger partial charge in [-0.1, -0.05) is 24.3 Å². The summed E-state index contributed by atoms with van der Waals surface area (Å²) >= 11 is 0. The number of allylic oxidation sites excluding steroid dienone is 1. The van der Waals surface area contributed by atoms with Crippen molar-refractivity contribution in [2.75, 3.05) is 10.0 Å². The van der Waals surface area contributed by atoms with E-state index in [-0.39, 0.29) is 10.5 Å². The standard InChI is InChI=1S/C23H18N4O3S/c1-17-7-8-20(26-16-18(14-24)15-25)13-23(17)31(28,29)27-19-9-11-22(12-10-19)30-21-5-3-2-4-6-21/h2-13,16,26-27H,1H3. The third-order valence-electron chi connectivity index (χ3n) is 4.19. The van der Waals surface area contributed by atoms with Crippen LogP contribution in [-0.2, 0) is 10.0 Å². The molecule has 0 radical (unpaired) electrons. The fraction of sp³-hybridized carbons (Fsp3) is 0.0435. The molecule has 0 saturated carbocycles. The maximum absolute atomic E-state index is 12.9. The molecule has 0 heterocycles. The zero-order valence-electron chi connectivity index (χ0n) is 16.5. The summed E-state index contributed by atoms with van der Waals surface area (Å²) in [5.74, 6) is 1.26. The summed E-state index contributed by atoms with van der Waals surface area (Å²) in [5, 5.41) is 20.4. The molecule has 0 amide bonds. The molecule has 0 unspecified atom stereocenters. The van der Waals surface area contributed by atoms with Crippen molar-refractivity contribution in [3.8, 4) is 23.6 Å². The van der Waals surface area contributed by atoms with E-state index in [1.807, 2.05) is 30.3 Å². The van der Waals surface area contributed by atoms with Crippen molar-refractivity contribution >= 4 is 21.4 Å². The van der Waals surface area contributed by atoms with Crippen molar-refractivity contribution in [2.24, 2.45) is 0 Å². The summed E-state index contributed by atoms with van der Waals surface area (Å²) in [7, 11) is -3.87. The summed E-state index contributed by atoms with van der Waals surface area (Å²) < 4.78 is 34.1. The molecule has 0 fully saturated rings. The fourth-order valence-corrected chi connectivity index (χ4v) is 3.98. The predicted molar refractivity (Wildman–Crippen MR) is 118 cm³/mol. The molecule has 0 aromatic heterocycles. The molecule has 0 saturated heterocycles. The number of anilines is 2. The molecule has 8 heteroatoms. The Balaban J connectivity index is 1.77. The molecular weight excluding hydrogens is 412 g/mol. The first kappa shape index (κ1) is 21.4. The van der Waals surface area contributed by atoms with Crippen LogP contribution in [0.1, 0.15) is 5.56 Å². The van der Waals surface area contributed by atoms with Crippen molar-refractivity contribution in [2.45, 2.75) is 11.8 Å². The van der Waals surface area contributed by atoms with E-state index in [2.05, 4.69) is 10.0 Å². The molecule has 0 aliphatic carbocycles. The Hall–Kier alpha value is -4.27. The van der Waals surface area contributed by atoms with Gasteiger partial charge in [0, 0.05) is 17.6 Å². The zero-order valence-corrected chi connectivity index (χ0v) is 17.3. The van der Waals surface area contributed by atoms with Gasteiger partial charge in [0.05, 0.1) is 4.90 Å². The number of para-hydroxylation sites is 1. The Labute approximate surface area is 180 Å². The number of nitriles is 2. The molecule has 0 aliphatic rings. The van der Waals surface area contributed by atoms with E-state index in [0.717, 1.165) is 0 Å². The van der Waals surface area contributed by atoms with Crippen molar-refractivity contribution in [3.63, 3.8) is 0 Å². The fourth-order valence-electron chi connectivity index (χ4n) is 2.65. The summed E-state index contributed by atoms with van der Waals surface area (Å²) in [6.45, 7) is 1.68.